The average molecular weight is 505 g/mol. The van der Waals surface area contributed by atoms with Gasteiger partial charge in [0.2, 0.25) is 0 Å². The molecule has 1 aliphatic rings. The number of aliphatic imine (C=N–C) groups is 1. The summed E-state index contributed by atoms with van der Waals surface area (Å²) < 4.78 is 5.24. The van der Waals surface area contributed by atoms with Crippen molar-refractivity contribution in [3.8, 4) is 0 Å². The molecule has 0 unspecified atom stereocenters. The minimum absolute atomic E-state index is 0. The van der Waals surface area contributed by atoms with Crippen molar-refractivity contribution >= 4 is 41.3 Å². The second-order valence-corrected chi connectivity index (χ2v) is 6.92. The molecule has 1 aromatic rings. The first-order chi connectivity index (χ1) is 13.1. The van der Waals surface area contributed by atoms with E-state index in [2.05, 4.69) is 16.0 Å². The Labute approximate surface area is 184 Å². The lowest BCUT2D eigenvalue weighted by atomic mass is 9.67. The number of nitro benzene ring substituents is 1. The molecule has 1 fully saturated rings. The van der Waals surface area contributed by atoms with Crippen LogP contribution in [0.25, 0.3) is 0 Å². The molecule has 0 bridgehead atoms. The Morgan fingerprint density at radius 3 is 2.64 bits per heavy atom. The first-order valence-electron chi connectivity index (χ1n) is 9.58. The molecule has 158 valence electrons. The van der Waals surface area contributed by atoms with Gasteiger partial charge >= 0.3 is 0 Å². The van der Waals surface area contributed by atoms with Gasteiger partial charge in [-0.05, 0) is 37.7 Å². The van der Waals surface area contributed by atoms with Crippen molar-refractivity contribution in [1.29, 1.82) is 0 Å². The summed E-state index contributed by atoms with van der Waals surface area (Å²) in [5.41, 5.74) is 0.892. The summed E-state index contributed by atoms with van der Waals surface area (Å²) in [6.07, 6.45) is 4.73. The molecule has 0 aromatic heterocycles. The minimum Gasteiger partial charge on any atom is -0.385 e. The van der Waals surface area contributed by atoms with Crippen LogP contribution in [0.1, 0.15) is 32.6 Å². The first-order valence-corrected chi connectivity index (χ1v) is 9.58. The standard InChI is InChI=1S/C19H31N5O3.HI/c1-3-20-18(23-15-19(9-6-10-19)11-14-27-2)22-13-12-21-16-7-4-5-8-17(16)24(25)26;/h4-5,7-8,21H,3,6,9-15H2,1-2H3,(H2,20,22,23);1H. The Morgan fingerprint density at radius 1 is 1.29 bits per heavy atom. The van der Waals surface area contributed by atoms with E-state index in [9.17, 15) is 10.1 Å². The molecule has 0 radical (unpaired) electrons. The van der Waals surface area contributed by atoms with E-state index in [1.165, 1.54) is 25.3 Å². The molecular weight excluding hydrogens is 473 g/mol. The maximum atomic E-state index is 11.0. The van der Waals surface area contributed by atoms with Crippen LogP contribution in [0.15, 0.2) is 29.3 Å². The van der Waals surface area contributed by atoms with E-state index in [-0.39, 0.29) is 40.0 Å². The van der Waals surface area contributed by atoms with Crippen molar-refractivity contribution in [2.45, 2.75) is 32.6 Å². The summed E-state index contributed by atoms with van der Waals surface area (Å²) in [6, 6.07) is 6.66. The van der Waals surface area contributed by atoms with Crippen molar-refractivity contribution in [2.24, 2.45) is 10.4 Å². The number of nitrogens with zero attached hydrogens (tertiary/aromatic N) is 2. The van der Waals surface area contributed by atoms with Gasteiger partial charge in [0.05, 0.1) is 4.92 Å². The molecule has 0 atom stereocenters. The molecule has 0 spiro atoms. The van der Waals surface area contributed by atoms with Gasteiger partial charge in [0, 0.05) is 46.0 Å². The number of rotatable bonds is 11. The molecule has 0 saturated heterocycles. The largest absolute Gasteiger partial charge is 0.385 e. The molecule has 2 rings (SSSR count). The van der Waals surface area contributed by atoms with Crippen molar-refractivity contribution in [2.75, 3.05) is 45.2 Å². The second-order valence-electron chi connectivity index (χ2n) is 6.92. The number of nitro groups is 1. The van der Waals surface area contributed by atoms with Crippen molar-refractivity contribution in [3.63, 3.8) is 0 Å². The van der Waals surface area contributed by atoms with Crippen molar-refractivity contribution < 1.29 is 9.66 Å². The quantitative estimate of drug-likeness (QED) is 0.107. The van der Waals surface area contributed by atoms with Crippen molar-refractivity contribution in [3.05, 3.63) is 34.4 Å². The van der Waals surface area contributed by atoms with E-state index in [1.54, 1.807) is 25.3 Å². The third-order valence-corrected chi connectivity index (χ3v) is 5.00. The Bertz CT molecular complexity index is 638. The molecule has 0 heterocycles. The van der Waals surface area contributed by atoms with Crippen LogP contribution < -0.4 is 16.0 Å². The number of nitrogens with one attached hydrogen (secondary N) is 3. The predicted octanol–water partition coefficient (Wildman–Crippen LogP) is 3.39. The maximum absolute atomic E-state index is 11.0. The number of ether oxygens (including phenoxy) is 1. The number of halogens is 1. The number of hydrogen-bond donors (Lipinski definition) is 3. The summed E-state index contributed by atoms with van der Waals surface area (Å²) in [6.45, 7) is 5.57. The van der Waals surface area contributed by atoms with Gasteiger partial charge < -0.3 is 20.7 Å². The summed E-state index contributed by atoms with van der Waals surface area (Å²) in [5, 5.41) is 20.7. The van der Waals surface area contributed by atoms with Gasteiger partial charge in [0.25, 0.3) is 5.69 Å². The minimum atomic E-state index is -0.376. The van der Waals surface area contributed by atoms with Crippen LogP contribution in [0.3, 0.4) is 0 Å². The van der Waals surface area contributed by atoms with Gasteiger partial charge in [-0.3, -0.25) is 15.1 Å². The van der Waals surface area contributed by atoms with Gasteiger partial charge in [0.1, 0.15) is 5.69 Å². The van der Waals surface area contributed by atoms with E-state index in [0.29, 0.717) is 18.8 Å². The monoisotopic (exact) mass is 505 g/mol. The van der Waals surface area contributed by atoms with Crippen LogP contribution in [0.4, 0.5) is 11.4 Å². The molecule has 0 aliphatic heterocycles. The topological polar surface area (TPSA) is 101 Å². The fraction of sp³-hybridized carbons (Fsp3) is 0.632. The lowest BCUT2D eigenvalue weighted by Crippen LogP contribution is -2.41. The number of para-hydroxylation sites is 2. The van der Waals surface area contributed by atoms with Crippen LogP contribution in [-0.4, -0.2) is 50.8 Å². The van der Waals surface area contributed by atoms with Gasteiger partial charge in [0.15, 0.2) is 5.96 Å². The number of methoxy groups -OCH3 is 1. The third-order valence-electron chi connectivity index (χ3n) is 5.00. The average Bonchev–Trinajstić information content (AvgIpc) is 2.64. The first kappa shape index (κ1) is 24.4. The van der Waals surface area contributed by atoms with Gasteiger partial charge in [-0.2, -0.15) is 0 Å². The van der Waals surface area contributed by atoms with Crippen LogP contribution in [0, 0.1) is 15.5 Å². The highest BCUT2D eigenvalue weighted by Crippen LogP contribution is 2.44. The Hall–Kier alpha value is -1.62. The van der Waals surface area contributed by atoms with E-state index in [1.807, 2.05) is 6.92 Å². The summed E-state index contributed by atoms with van der Waals surface area (Å²) >= 11 is 0. The zero-order valence-corrected chi connectivity index (χ0v) is 19.0. The SMILES string of the molecule is CCNC(=NCC1(CCOC)CCC1)NCCNc1ccccc1[N+](=O)[O-].I. The molecule has 8 nitrogen and oxygen atoms in total. The number of guanidine groups is 1. The van der Waals surface area contributed by atoms with E-state index in [0.717, 1.165) is 32.1 Å². The van der Waals surface area contributed by atoms with Crippen LogP contribution in [0.5, 0.6) is 0 Å². The van der Waals surface area contributed by atoms with Crippen LogP contribution in [-0.2, 0) is 4.74 Å². The highest BCUT2D eigenvalue weighted by atomic mass is 127. The molecule has 0 amide bonds. The smallest absolute Gasteiger partial charge is 0.292 e. The summed E-state index contributed by atoms with van der Waals surface area (Å²) in [4.78, 5) is 15.4. The normalized spacial score (nSPS) is 15.1. The van der Waals surface area contributed by atoms with E-state index in [4.69, 9.17) is 9.73 Å². The van der Waals surface area contributed by atoms with Gasteiger partial charge in [-0.25, -0.2) is 0 Å². The number of anilines is 1. The zero-order valence-electron chi connectivity index (χ0n) is 16.7. The predicted molar refractivity (Wildman–Crippen MR) is 124 cm³/mol. The fourth-order valence-electron chi connectivity index (χ4n) is 3.23. The zero-order chi connectivity index (χ0) is 19.5. The van der Waals surface area contributed by atoms with Crippen LogP contribution in [0.2, 0.25) is 0 Å². The van der Waals surface area contributed by atoms with E-state index >= 15 is 0 Å². The molecule has 3 N–H and O–H groups in total. The highest BCUT2D eigenvalue weighted by molar-refractivity contribution is 14.0. The van der Waals surface area contributed by atoms with E-state index < -0.39 is 0 Å². The molecular formula is C19H32IN5O3. The van der Waals surface area contributed by atoms with Gasteiger partial charge in [-0.1, -0.05) is 18.6 Å². The Balaban J connectivity index is 0.00000392. The molecule has 1 aliphatic carbocycles. The molecule has 9 heteroatoms. The van der Waals surface area contributed by atoms with Crippen molar-refractivity contribution in [1.82, 2.24) is 10.6 Å². The number of hydrogen-bond acceptors (Lipinski definition) is 5. The molecule has 1 aromatic carbocycles. The maximum Gasteiger partial charge on any atom is 0.292 e. The molecule has 1 saturated carbocycles. The summed E-state index contributed by atoms with van der Waals surface area (Å²) in [5.74, 6) is 0.783. The fourth-order valence-corrected chi connectivity index (χ4v) is 3.23. The lowest BCUT2D eigenvalue weighted by Gasteiger charge is -2.40. The third kappa shape index (κ3) is 7.42. The van der Waals surface area contributed by atoms with Gasteiger partial charge in [-0.15, -0.1) is 24.0 Å². The summed E-state index contributed by atoms with van der Waals surface area (Å²) in [7, 11) is 1.74. The van der Waals surface area contributed by atoms with Crippen LogP contribution >= 0.6 is 24.0 Å². The Morgan fingerprint density at radius 2 is 2.04 bits per heavy atom. The highest BCUT2D eigenvalue weighted by Gasteiger charge is 2.36. The lowest BCUT2D eigenvalue weighted by molar-refractivity contribution is -0.384. The second kappa shape index (κ2) is 12.8. The molecule has 28 heavy (non-hydrogen) atoms. The number of benzene rings is 1. The Kier molecular flexibility index (Phi) is 11.1.